The van der Waals surface area contributed by atoms with E-state index in [9.17, 15) is 8.42 Å². The SMILES string of the molecule is Cc1ccc(C)c(S(=O)(=O)NCC(CC(C)C)N2CCOCC2)c1. The van der Waals surface area contributed by atoms with Crippen LogP contribution in [0, 0.1) is 19.8 Å². The highest BCUT2D eigenvalue weighted by atomic mass is 32.2. The van der Waals surface area contributed by atoms with Crippen LogP contribution in [0.15, 0.2) is 23.1 Å². The Kier molecular flexibility index (Phi) is 6.80. The fourth-order valence-corrected chi connectivity index (χ4v) is 4.53. The molecule has 1 aliphatic rings. The molecule has 1 fully saturated rings. The molecule has 1 unspecified atom stereocenters. The topological polar surface area (TPSA) is 58.6 Å². The van der Waals surface area contributed by atoms with E-state index in [1.807, 2.05) is 26.0 Å². The van der Waals surface area contributed by atoms with E-state index in [0.717, 1.165) is 43.9 Å². The van der Waals surface area contributed by atoms with E-state index in [1.165, 1.54) is 0 Å². The van der Waals surface area contributed by atoms with Crippen molar-refractivity contribution >= 4 is 10.0 Å². The maximum atomic E-state index is 12.7. The molecule has 24 heavy (non-hydrogen) atoms. The fourth-order valence-electron chi connectivity index (χ4n) is 3.13. The minimum atomic E-state index is -3.49. The van der Waals surface area contributed by atoms with Crippen molar-refractivity contribution in [3.05, 3.63) is 29.3 Å². The zero-order valence-corrected chi connectivity index (χ0v) is 16.0. The number of rotatable bonds is 7. The molecule has 0 amide bonds. The lowest BCUT2D eigenvalue weighted by Gasteiger charge is -2.35. The van der Waals surface area contributed by atoms with Gasteiger partial charge in [-0.05, 0) is 43.4 Å². The second kappa shape index (κ2) is 8.43. The first-order chi connectivity index (χ1) is 11.3. The van der Waals surface area contributed by atoms with E-state index in [2.05, 4.69) is 23.5 Å². The van der Waals surface area contributed by atoms with Crippen LogP contribution in [0.2, 0.25) is 0 Å². The molecule has 0 radical (unpaired) electrons. The van der Waals surface area contributed by atoms with Crippen LogP contribution in [0.25, 0.3) is 0 Å². The van der Waals surface area contributed by atoms with Gasteiger partial charge < -0.3 is 4.74 Å². The van der Waals surface area contributed by atoms with Crippen molar-refractivity contribution in [1.29, 1.82) is 0 Å². The monoisotopic (exact) mass is 354 g/mol. The number of aryl methyl sites for hydroxylation is 2. The summed E-state index contributed by atoms with van der Waals surface area (Å²) in [6.07, 6.45) is 0.968. The minimum Gasteiger partial charge on any atom is -0.379 e. The van der Waals surface area contributed by atoms with E-state index in [1.54, 1.807) is 6.07 Å². The third-order valence-electron chi connectivity index (χ3n) is 4.45. The average molecular weight is 355 g/mol. The smallest absolute Gasteiger partial charge is 0.240 e. The van der Waals surface area contributed by atoms with Crippen molar-refractivity contribution in [2.24, 2.45) is 5.92 Å². The Bertz CT molecular complexity index is 638. The van der Waals surface area contributed by atoms with E-state index < -0.39 is 10.0 Å². The second-order valence-corrected chi connectivity index (χ2v) is 8.79. The van der Waals surface area contributed by atoms with Crippen LogP contribution in [-0.4, -0.2) is 52.2 Å². The van der Waals surface area contributed by atoms with Crippen LogP contribution < -0.4 is 4.72 Å². The van der Waals surface area contributed by atoms with Gasteiger partial charge in [-0.25, -0.2) is 13.1 Å². The molecule has 1 aromatic rings. The first-order valence-electron chi connectivity index (χ1n) is 8.68. The second-order valence-electron chi connectivity index (χ2n) is 7.05. The molecule has 1 N–H and O–H groups in total. The van der Waals surface area contributed by atoms with Crippen molar-refractivity contribution in [2.75, 3.05) is 32.8 Å². The van der Waals surface area contributed by atoms with Crippen molar-refractivity contribution in [2.45, 2.75) is 45.1 Å². The first-order valence-corrected chi connectivity index (χ1v) is 10.2. The molecule has 0 spiro atoms. The molecular weight excluding hydrogens is 324 g/mol. The van der Waals surface area contributed by atoms with Gasteiger partial charge in [0.1, 0.15) is 0 Å². The maximum absolute atomic E-state index is 12.7. The molecule has 1 atom stereocenters. The molecule has 1 heterocycles. The Morgan fingerprint density at radius 3 is 2.50 bits per heavy atom. The van der Waals surface area contributed by atoms with Crippen LogP contribution in [0.1, 0.15) is 31.4 Å². The number of ether oxygens (including phenoxy) is 1. The lowest BCUT2D eigenvalue weighted by molar-refractivity contribution is 0.0134. The number of nitrogens with one attached hydrogen (secondary N) is 1. The molecule has 136 valence electrons. The van der Waals surface area contributed by atoms with Crippen molar-refractivity contribution in [3.63, 3.8) is 0 Å². The normalized spacial score (nSPS) is 18.0. The van der Waals surface area contributed by atoms with Gasteiger partial charge in [-0.15, -0.1) is 0 Å². The molecule has 1 aromatic carbocycles. The Hall–Kier alpha value is -0.950. The predicted octanol–water partition coefficient (Wildman–Crippen LogP) is 2.33. The highest BCUT2D eigenvalue weighted by Gasteiger charge is 2.25. The molecule has 2 rings (SSSR count). The summed E-state index contributed by atoms with van der Waals surface area (Å²) in [4.78, 5) is 2.72. The van der Waals surface area contributed by atoms with Gasteiger partial charge in [0, 0.05) is 25.7 Å². The molecule has 0 aliphatic carbocycles. The third kappa shape index (κ3) is 5.28. The standard InChI is InChI=1S/C18H30N2O3S/c1-14(2)11-17(20-7-9-23-10-8-20)13-19-24(21,22)18-12-15(3)5-6-16(18)4/h5-6,12,14,17,19H,7-11,13H2,1-4H3. The maximum Gasteiger partial charge on any atom is 0.240 e. The van der Waals surface area contributed by atoms with E-state index in [0.29, 0.717) is 17.4 Å². The third-order valence-corrected chi connectivity index (χ3v) is 6.01. The van der Waals surface area contributed by atoms with Gasteiger partial charge in [-0.2, -0.15) is 0 Å². The number of hydrogen-bond acceptors (Lipinski definition) is 4. The van der Waals surface area contributed by atoms with Gasteiger partial charge in [0.25, 0.3) is 0 Å². The van der Waals surface area contributed by atoms with Crippen LogP contribution in [0.3, 0.4) is 0 Å². The van der Waals surface area contributed by atoms with Crippen molar-refractivity contribution in [3.8, 4) is 0 Å². The molecule has 1 aliphatic heterocycles. The molecule has 0 aromatic heterocycles. The summed E-state index contributed by atoms with van der Waals surface area (Å²) in [5.41, 5.74) is 1.73. The highest BCUT2D eigenvalue weighted by Crippen LogP contribution is 2.18. The van der Waals surface area contributed by atoms with Crippen molar-refractivity contribution < 1.29 is 13.2 Å². The van der Waals surface area contributed by atoms with Gasteiger partial charge in [0.05, 0.1) is 18.1 Å². The summed E-state index contributed by atoms with van der Waals surface area (Å²) in [6.45, 7) is 11.7. The zero-order valence-electron chi connectivity index (χ0n) is 15.2. The lowest BCUT2D eigenvalue weighted by atomic mass is 10.0. The van der Waals surface area contributed by atoms with Crippen LogP contribution >= 0.6 is 0 Å². The quantitative estimate of drug-likeness (QED) is 0.816. The number of benzene rings is 1. The molecule has 0 saturated carbocycles. The summed E-state index contributed by atoms with van der Waals surface area (Å²) < 4.78 is 33.7. The van der Waals surface area contributed by atoms with E-state index in [4.69, 9.17) is 4.74 Å². The minimum absolute atomic E-state index is 0.203. The first kappa shape index (κ1) is 19.4. The Morgan fingerprint density at radius 2 is 1.88 bits per heavy atom. The lowest BCUT2D eigenvalue weighted by Crippen LogP contribution is -2.49. The van der Waals surface area contributed by atoms with E-state index >= 15 is 0 Å². The number of nitrogens with zero attached hydrogens (tertiary/aromatic N) is 1. The Labute approximate surface area is 146 Å². The summed E-state index contributed by atoms with van der Waals surface area (Å²) in [6, 6.07) is 5.74. The number of morpholine rings is 1. The fraction of sp³-hybridized carbons (Fsp3) is 0.667. The largest absolute Gasteiger partial charge is 0.379 e. The Balaban J connectivity index is 2.10. The highest BCUT2D eigenvalue weighted by molar-refractivity contribution is 7.89. The van der Waals surface area contributed by atoms with Crippen LogP contribution in [0.4, 0.5) is 0 Å². The van der Waals surface area contributed by atoms with Gasteiger partial charge in [-0.3, -0.25) is 4.90 Å². The summed E-state index contributed by atoms with van der Waals surface area (Å²) >= 11 is 0. The molecule has 6 heteroatoms. The number of hydrogen-bond donors (Lipinski definition) is 1. The van der Waals surface area contributed by atoms with Gasteiger partial charge in [0.15, 0.2) is 0 Å². The molecule has 5 nitrogen and oxygen atoms in total. The number of sulfonamides is 1. The van der Waals surface area contributed by atoms with Crippen LogP contribution in [-0.2, 0) is 14.8 Å². The van der Waals surface area contributed by atoms with Crippen molar-refractivity contribution in [1.82, 2.24) is 9.62 Å². The zero-order chi connectivity index (χ0) is 17.7. The average Bonchev–Trinajstić information content (AvgIpc) is 2.54. The predicted molar refractivity (Wildman–Crippen MR) is 96.7 cm³/mol. The molecule has 0 bridgehead atoms. The Morgan fingerprint density at radius 1 is 1.21 bits per heavy atom. The van der Waals surface area contributed by atoms with Gasteiger partial charge in [-0.1, -0.05) is 26.0 Å². The molecular formula is C18H30N2O3S. The van der Waals surface area contributed by atoms with Crippen LogP contribution in [0.5, 0.6) is 0 Å². The summed E-state index contributed by atoms with van der Waals surface area (Å²) in [5.74, 6) is 0.517. The molecule has 1 saturated heterocycles. The summed E-state index contributed by atoms with van der Waals surface area (Å²) in [5, 5.41) is 0. The summed E-state index contributed by atoms with van der Waals surface area (Å²) in [7, 11) is -3.49. The van der Waals surface area contributed by atoms with E-state index in [-0.39, 0.29) is 6.04 Å². The van der Waals surface area contributed by atoms with Gasteiger partial charge in [0.2, 0.25) is 10.0 Å². The van der Waals surface area contributed by atoms with Gasteiger partial charge >= 0.3 is 0 Å².